The number of carbonyl (C=O) groups excluding carboxylic acids is 1. The van der Waals surface area contributed by atoms with E-state index in [2.05, 4.69) is 49.0 Å². The van der Waals surface area contributed by atoms with Crippen LogP contribution >= 0.6 is 43.6 Å². The SMILES string of the molecule is COc1cc(/C=C2\SC(Nc3ccccc3)N([C@H]3CCCC[C@H]3C)C2=O)cc(Br)c1OCc1ccc(Br)cc1. The molecule has 204 valence electrons. The number of benzene rings is 3. The fourth-order valence-electron chi connectivity index (χ4n) is 5.22. The first-order chi connectivity index (χ1) is 18.9. The maximum atomic E-state index is 13.9. The molecule has 1 unspecified atom stereocenters. The van der Waals surface area contributed by atoms with Crippen LogP contribution in [0.4, 0.5) is 5.69 Å². The Morgan fingerprint density at radius 3 is 2.51 bits per heavy atom. The van der Waals surface area contributed by atoms with Crippen molar-refractivity contribution in [3.8, 4) is 11.5 Å². The lowest BCUT2D eigenvalue weighted by Crippen LogP contribution is -2.48. The highest BCUT2D eigenvalue weighted by atomic mass is 79.9. The zero-order valence-corrected chi connectivity index (χ0v) is 26.0. The lowest BCUT2D eigenvalue weighted by Gasteiger charge is -2.39. The van der Waals surface area contributed by atoms with Crippen LogP contribution in [0.3, 0.4) is 0 Å². The molecule has 0 aromatic heterocycles. The Hall–Kier alpha value is -2.42. The predicted molar refractivity (Wildman–Crippen MR) is 167 cm³/mol. The number of para-hydroxylation sites is 1. The Bertz CT molecular complexity index is 1330. The third-order valence-corrected chi connectivity index (χ3v) is 9.50. The van der Waals surface area contributed by atoms with Crippen molar-refractivity contribution >= 4 is 61.3 Å². The van der Waals surface area contributed by atoms with E-state index in [1.54, 1.807) is 18.9 Å². The van der Waals surface area contributed by atoms with E-state index in [9.17, 15) is 4.79 Å². The third-order valence-electron chi connectivity index (χ3n) is 7.27. The summed E-state index contributed by atoms with van der Waals surface area (Å²) >= 11 is 8.72. The van der Waals surface area contributed by atoms with E-state index in [-0.39, 0.29) is 17.4 Å². The standard InChI is InChI=1S/C31H32Br2N2O3S/c1-20-8-6-7-11-26(20)35-30(36)28(39-31(35)34-24-9-4-3-5-10-24)18-22-16-25(33)29(27(17-22)37-2)38-19-21-12-14-23(32)15-13-21/h3-5,9-10,12-18,20,26,31,34H,6-8,11,19H2,1-2H3/b28-18-/t20-,26+,31?/m1/s1. The Morgan fingerprint density at radius 1 is 1.05 bits per heavy atom. The van der Waals surface area contributed by atoms with Gasteiger partial charge in [0.25, 0.3) is 5.91 Å². The number of carbonyl (C=O) groups is 1. The van der Waals surface area contributed by atoms with E-state index < -0.39 is 0 Å². The highest BCUT2D eigenvalue weighted by molar-refractivity contribution is 9.10. The molecule has 1 N–H and O–H groups in total. The third kappa shape index (κ3) is 6.67. The molecule has 0 bridgehead atoms. The lowest BCUT2D eigenvalue weighted by molar-refractivity contribution is -0.129. The number of hydrogen-bond acceptors (Lipinski definition) is 5. The minimum atomic E-state index is -0.157. The summed E-state index contributed by atoms with van der Waals surface area (Å²) < 4.78 is 13.6. The topological polar surface area (TPSA) is 50.8 Å². The van der Waals surface area contributed by atoms with Crippen molar-refractivity contribution in [3.63, 3.8) is 0 Å². The second-order valence-electron chi connectivity index (χ2n) is 9.98. The molecule has 1 saturated heterocycles. The second kappa shape index (κ2) is 12.8. The Morgan fingerprint density at radius 2 is 1.79 bits per heavy atom. The molecule has 1 heterocycles. The van der Waals surface area contributed by atoms with Gasteiger partial charge in [-0.2, -0.15) is 0 Å². The number of rotatable bonds is 8. The van der Waals surface area contributed by atoms with Crippen LogP contribution < -0.4 is 14.8 Å². The zero-order chi connectivity index (χ0) is 27.4. The summed E-state index contributed by atoms with van der Waals surface area (Å²) in [6.07, 6.45) is 6.55. The second-order valence-corrected chi connectivity index (χ2v) is 12.9. The Labute approximate surface area is 251 Å². The molecule has 0 spiro atoms. The van der Waals surface area contributed by atoms with Gasteiger partial charge >= 0.3 is 0 Å². The average Bonchev–Trinajstić information content (AvgIpc) is 3.23. The fourth-order valence-corrected chi connectivity index (χ4v) is 7.27. The monoisotopic (exact) mass is 670 g/mol. The first-order valence-electron chi connectivity index (χ1n) is 13.2. The van der Waals surface area contributed by atoms with Gasteiger partial charge in [-0.25, -0.2) is 0 Å². The minimum Gasteiger partial charge on any atom is -0.493 e. The molecule has 0 radical (unpaired) electrons. The van der Waals surface area contributed by atoms with Gasteiger partial charge in [-0.15, -0.1) is 0 Å². The van der Waals surface area contributed by atoms with Crippen LogP contribution in [0.15, 0.2) is 80.6 Å². The van der Waals surface area contributed by atoms with Crippen molar-refractivity contribution in [1.82, 2.24) is 4.90 Å². The van der Waals surface area contributed by atoms with Gasteiger partial charge in [-0.1, -0.05) is 77.8 Å². The molecule has 3 atom stereocenters. The van der Waals surface area contributed by atoms with Gasteiger partial charge in [0.2, 0.25) is 0 Å². The number of halogens is 2. The van der Waals surface area contributed by atoms with Gasteiger partial charge in [0, 0.05) is 16.2 Å². The quantitative estimate of drug-likeness (QED) is 0.243. The largest absolute Gasteiger partial charge is 0.493 e. The summed E-state index contributed by atoms with van der Waals surface area (Å²) in [4.78, 5) is 16.7. The molecule has 39 heavy (non-hydrogen) atoms. The molecule has 2 aliphatic rings. The summed E-state index contributed by atoms with van der Waals surface area (Å²) in [6, 6.07) is 22.3. The van der Waals surface area contributed by atoms with Crippen molar-refractivity contribution in [1.29, 1.82) is 0 Å². The van der Waals surface area contributed by atoms with Crippen LogP contribution in [-0.2, 0) is 11.4 Å². The van der Waals surface area contributed by atoms with Gasteiger partial charge in [0.15, 0.2) is 17.0 Å². The van der Waals surface area contributed by atoms with Crippen molar-refractivity contribution < 1.29 is 14.3 Å². The van der Waals surface area contributed by atoms with Crippen LogP contribution in [-0.4, -0.2) is 29.5 Å². The molecule has 1 aliphatic heterocycles. The van der Waals surface area contributed by atoms with Gasteiger partial charge in [0.1, 0.15) is 6.61 Å². The molecule has 1 aliphatic carbocycles. The highest BCUT2D eigenvalue weighted by Crippen LogP contribution is 2.43. The van der Waals surface area contributed by atoms with E-state index in [0.29, 0.717) is 24.0 Å². The number of nitrogens with one attached hydrogen (secondary N) is 1. The van der Waals surface area contributed by atoms with Crippen molar-refractivity contribution in [2.75, 3.05) is 12.4 Å². The van der Waals surface area contributed by atoms with Gasteiger partial charge in [-0.3, -0.25) is 4.79 Å². The number of nitrogens with zero attached hydrogens (tertiary/aromatic N) is 1. The number of thioether (sulfide) groups is 1. The Kier molecular flexibility index (Phi) is 9.25. The minimum absolute atomic E-state index is 0.0813. The number of hydrogen-bond donors (Lipinski definition) is 1. The van der Waals surface area contributed by atoms with Crippen molar-refractivity contribution in [2.24, 2.45) is 5.92 Å². The summed E-state index contributed by atoms with van der Waals surface area (Å²) in [5.41, 5.74) is 2.78. The molecular weight excluding hydrogens is 640 g/mol. The first kappa shape index (κ1) is 28.1. The van der Waals surface area contributed by atoms with Crippen LogP contribution in [0.2, 0.25) is 0 Å². The number of amides is 1. The van der Waals surface area contributed by atoms with Gasteiger partial charge in [0.05, 0.1) is 16.5 Å². The summed E-state index contributed by atoms with van der Waals surface area (Å²) in [6.45, 7) is 2.69. The molecular formula is C31H32Br2N2O3S. The van der Waals surface area contributed by atoms with Crippen LogP contribution in [0.25, 0.3) is 6.08 Å². The molecule has 5 rings (SSSR count). The van der Waals surface area contributed by atoms with E-state index in [0.717, 1.165) is 49.9 Å². The first-order valence-corrected chi connectivity index (χ1v) is 15.7. The predicted octanol–water partition coefficient (Wildman–Crippen LogP) is 8.69. The summed E-state index contributed by atoms with van der Waals surface area (Å²) in [5.74, 6) is 1.80. The molecule has 2 fully saturated rings. The van der Waals surface area contributed by atoms with Crippen molar-refractivity contribution in [2.45, 2.75) is 50.8 Å². The number of anilines is 1. The molecule has 8 heteroatoms. The zero-order valence-electron chi connectivity index (χ0n) is 22.0. The van der Waals surface area contributed by atoms with Crippen LogP contribution in [0, 0.1) is 5.92 Å². The van der Waals surface area contributed by atoms with E-state index in [4.69, 9.17) is 9.47 Å². The number of ether oxygens (including phenoxy) is 2. The average molecular weight is 672 g/mol. The van der Waals surface area contributed by atoms with Crippen LogP contribution in [0.5, 0.6) is 11.5 Å². The lowest BCUT2D eigenvalue weighted by atomic mass is 9.85. The number of methoxy groups -OCH3 is 1. The molecule has 5 nitrogen and oxygen atoms in total. The normalized spacial score (nSPS) is 22.3. The van der Waals surface area contributed by atoms with Crippen LogP contribution in [0.1, 0.15) is 43.7 Å². The fraction of sp³-hybridized carbons (Fsp3) is 0.323. The van der Waals surface area contributed by atoms with E-state index in [1.807, 2.05) is 72.8 Å². The molecule has 3 aromatic rings. The molecule has 1 amide bonds. The van der Waals surface area contributed by atoms with Gasteiger partial charge in [-0.05, 0) is 88.3 Å². The summed E-state index contributed by atoms with van der Waals surface area (Å²) in [5, 5.41) is 3.60. The van der Waals surface area contributed by atoms with Gasteiger partial charge < -0.3 is 19.7 Å². The maximum absolute atomic E-state index is 13.9. The van der Waals surface area contributed by atoms with Crippen molar-refractivity contribution in [3.05, 3.63) is 91.7 Å². The Balaban J connectivity index is 1.40. The molecule has 3 aromatic carbocycles. The maximum Gasteiger partial charge on any atom is 0.262 e. The highest BCUT2D eigenvalue weighted by Gasteiger charge is 2.42. The smallest absolute Gasteiger partial charge is 0.262 e. The summed E-state index contributed by atoms with van der Waals surface area (Å²) in [7, 11) is 1.63. The van der Waals surface area contributed by atoms with E-state index in [1.165, 1.54) is 6.42 Å². The van der Waals surface area contributed by atoms with E-state index >= 15 is 0 Å². The molecule has 1 saturated carbocycles.